The van der Waals surface area contributed by atoms with Crippen LogP contribution in [0.25, 0.3) is 5.57 Å². The van der Waals surface area contributed by atoms with Gasteiger partial charge in [-0.25, -0.2) is 0 Å². The van der Waals surface area contributed by atoms with Crippen LogP contribution >= 0.6 is 12.2 Å². The fourth-order valence-electron chi connectivity index (χ4n) is 7.72. The Labute approximate surface area is 193 Å². The molecule has 3 unspecified atom stereocenters. The number of hydrogen-bond acceptors (Lipinski definition) is 2. The van der Waals surface area contributed by atoms with Gasteiger partial charge in [0.05, 0.1) is 0 Å². The Morgan fingerprint density at radius 3 is 2.74 bits per heavy atom. The monoisotopic (exact) mass is 435 g/mol. The first-order chi connectivity index (χ1) is 15.0. The summed E-state index contributed by atoms with van der Waals surface area (Å²) < 4.78 is 0. The van der Waals surface area contributed by atoms with Gasteiger partial charge in [0.25, 0.3) is 0 Å². The van der Waals surface area contributed by atoms with E-state index in [1.807, 2.05) is 6.20 Å². The average Bonchev–Trinajstić information content (AvgIpc) is 3.12. The van der Waals surface area contributed by atoms with Gasteiger partial charge in [0, 0.05) is 25.0 Å². The lowest BCUT2D eigenvalue weighted by molar-refractivity contribution is -0.0118. The lowest BCUT2D eigenvalue weighted by atomic mass is 9.47. The van der Waals surface area contributed by atoms with Crippen LogP contribution in [0.2, 0.25) is 0 Å². The molecule has 2 saturated carbocycles. The highest BCUT2D eigenvalue weighted by molar-refractivity contribution is 7.80. The molecule has 6 atom stereocenters. The zero-order valence-electron chi connectivity index (χ0n) is 19.3. The maximum absolute atomic E-state index is 5.46. The average molecular weight is 436 g/mol. The first-order valence-corrected chi connectivity index (χ1v) is 12.7. The summed E-state index contributed by atoms with van der Waals surface area (Å²) in [4.78, 5) is 4.41. The number of thiocarbonyl (C=S) groups is 1. The summed E-state index contributed by atoms with van der Waals surface area (Å²) in [5, 5.41) is 7.65. The molecule has 1 heterocycles. The van der Waals surface area contributed by atoms with Gasteiger partial charge in [-0.15, -0.1) is 0 Å². The number of pyridine rings is 1. The van der Waals surface area contributed by atoms with E-state index in [-0.39, 0.29) is 0 Å². The summed E-state index contributed by atoms with van der Waals surface area (Å²) in [6.45, 7) is 8.12. The van der Waals surface area contributed by atoms with Crippen LogP contribution < -0.4 is 10.6 Å². The summed E-state index contributed by atoms with van der Waals surface area (Å²) in [7, 11) is 0. The molecule has 31 heavy (non-hydrogen) atoms. The zero-order chi connectivity index (χ0) is 21.6. The highest BCUT2D eigenvalue weighted by Crippen LogP contribution is 2.66. The molecule has 4 heteroatoms. The molecule has 0 amide bonds. The molecule has 0 spiro atoms. The van der Waals surface area contributed by atoms with E-state index in [9.17, 15) is 0 Å². The summed E-state index contributed by atoms with van der Waals surface area (Å²) in [5.41, 5.74) is 5.29. The summed E-state index contributed by atoms with van der Waals surface area (Å²) in [5.74, 6) is 2.41. The first kappa shape index (κ1) is 21.2. The van der Waals surface area contributed by atoms with Crippen molar-refractivity contribution >= 4 is 22.9 Å². The largest absolute Gasteiger partial charge is 0.363 e. The Morgan fingerprint density at radius 2 is 1.97 bits per heavy atom. The number of allylic oxidation sites excluding steroid dienone is 3. The Hall–Kier alpha value is -1.68. The van der Waals surface area contributed by atoms with Crippen molar-refractivity contribution in [3.05, 3.63) is 47.8 Å². The van der Waals surface area contributed by atoms with Crippen molar-refractivity contribution in [1.29, 1.82) is 0 Å². The van der Waals surface area contributed by atoms with Crippen molar-refractivity contribution < 1.29 is 0 Å². The smallest absolute Gasteiger partial charge is 0.166 e. The van der Waals surface area contributed by atoms with Gasteiger partial charge in [-0.05, 0) is 110 Å². The minimum absolute atomic E-state index is 0.308. The van der Waals surface area contributed by atoms with Crippen LogP contribution in [0.1, 0.15) is 71.3 Å². The summed E-state index contributed by atoms with van der Waals surface area (Å²) in [6.07, 6.45) is 18.0. The molecule has 166 valence electrons. The molecule has 0 saturated heterocycles. The molecule has 1 aromatic rings. The molecule has 2 fully saturated rings. The molecule has 4 aliphatic carbocycles. The van der Waals surface area contributed by atoms with Gasteiger partial charge in [-0.1, -0.05) is 37.6 Å². The number of fused-ring (bicyclic) bond motifs is 5. The fraction of sp³-hybridized carbons (Fsp3) is 0.630. The highest BCUT2D eigenvalue weighted by atomic mass is 32.1. The third-order valence-corrected chi connectivity index (χ3v) is 9.59. The van der Waals surface area contributed by atoms with Gasteiger partial charge in [0.1, 0.15) is 0 Å². The second kappa shape index (κ2) is 8.03. The van der Waals surface area contributed by atoms with E-state index in [0.29, 0.717) is 16.9 Å². The predicted molar refractivity (Wildman–Crippen MR) is 132 cm³/mol. The van der Waals surface area contributed by atoms with Crippen molar-refractivity contribution in [3.63, 3.8) is 0 Å². The lowest BCUT2D eigenvalue weighted by Crippen LogP contribution is -2.52. The van der Waals surface area contributed by atoms with E-state index >= 15 is 0 Å². The SMILES string of the molecule is CCNC(=S)N[C@@H]1CC[C@@]2(C)C(=CCC3C2CC[C@]2(C)C(c4cccnc4)=CCC32)C1. The quantitative estimate of drug-likeness (QED) is 0.458. The van der Waals surface area contributed by atoms with Gasteiger partial charge in [0.2, 0.25) is 0 Å². The molecule has 2 N–H and O–H groups in total. The molecule has 1 aromatic heterocycles. The standard InChI is InChI=1S/C27H37N3S/c1-4-29-25(31)30-20-11-13-26(2)19(16-20)7-8-21-23-10-9-22(18-6-5-15-28-17-18)27(23,3)14-12-24(21)26/h5-7,9,15,17,20-21,23-24H,4,8,10-14,16H2,1-3H3,(H2,29,30,31)/t20-,21?,23?,24?,26+,27-/m1/s1. The van der Waals surface area contributed by atoms with Gasteiger partial charge in [-0.3, -0.25) is 4.98 Å². The molecule has 5 rings (SSSR count). The van der Waals surface area contributed by atoms with E-state index in [4.69, 9.17) is 12.2 Å². The molecule has 3 nitrogen and oxygen atoms in total. The van der Waals surface area contributed by atoms with E-state index in [0.717, 1.165) is 35.8 Å². The minimum atomic E-state index is 0.308. The number of rotatable bonds is 3. The van der Waals surface area contributed by atoms with E-state index in [1.165, 1.54) is 44.1 Å². The van der Waals surface area contributed by atoms with E-state index in [2.05, 4.69) is 66.9 Å². The second-order valence-electron chi connectivity index (χ2n) is 10.8. The molecule has 0 radical (unpaired) electrons. The fourth-order valence-corrected chi connectivity index (χ4v) is 8.03. The van der Waals surface area contributed by atoms with E-state index < -0.39 is 0 Å². The highest BCUT2D eigenvalue weighted by Gasteiger charge is 2.56. The number of hydrogen-bond donors (Lipinski definition) is 2. The van der Waals surface area contributed by atoms with Crippen LogP contribution in [0.3, 0.4) is 0 Å². The van der Waals surface area contributed by atoms with Crippen LogP contribution in [0.5, 0.6) is 0 Å². The molecule has 0 aromatic carbocycles. The van der Waals surface area contributed by atoms with Gasteiger partial charge >= 0.3 is 0 Å². The molecule has 0 aliphatic heterocycles. The third kappa shape index (κ3) is 3.46. The summed E-state index contributed by atoms with van der Waals surface area (Å²) >= 11 is 5.46. The minimum Gasteiger partial charge on any atom is -0.363 e. The second-order valence-corrected chi connectivity index (χ2v) is 11.2. The topological polar surface area (TPSA) is 37.0 Å². The molecular weight excluding hydrogens is 398 g/mol. The Kier molecular flexibility index (Phi) is 5.48. The van der Waals surface area contributed by atoms with Crippen LogP contribution in [0, 0.1) is 28.6 Å². The van der Waals surface area contributed by atoms with Crippen molar-refractivity contribution in [2.45, 2.75) is 71.8 Å². The molecular formula is C27H37N3S. The van der Waals surface area contributed by atoms with Crippen molar-refractivity contribution in [1.82, 2.24) is 15.6 Å². The number of nitrogens with zero attached hydrogens (tertiary/aromatic N) is 1. The van der Waals surface area contributed by atoms with Crippen LogP contribution in [-0.2, 0) is 0 Å². The van der Waals surface area contributed by atoms with E-state index in [1.54, 1.807) is 11.1 Å². The first-order valence-electron chi connectivity index (χ1n) is 12.3. The lowest BCUT2D eigenvalue weighted by Gasteiger charge is -2.58. The van der Waals surface area contributed by atoms with Crippen molar-refractivity contribution in [2.24, 2.45) is 28.6 Å². The zero-order valence-corrected chi connectivity index (χ0v) is 20.1. The summed E-state index contributed by atoms with van der Waals surface area (Å²) in [6, 6.07) is 4.83. The normalized spacial score (nSPS) is 38.8. The van der Waals surface area contributed by atoms with Crippen LogP contribution in [0.4, 0.5) is 0 Å². The van der Waals surface area contributed by atoms with Gasteiger partial charge in [-0.2, -0.15) is 0 Å². The Morgan fingerprint density at radius 1 is 1.13 bits per heavy atom. The van der Waals surface area contributed by atoms with Crippen LogP contribution in [0.15, 0.2) is 42.3 Å². The molecule has 4 aliphatic rings. The maximum Gasteiger partial charge on any atom is 0.166 e. The number of aromatic nitrogens is 1. The van der Waals surface area contributed by atoms with Crippen LogP contribution in [-0.4, -0.2) is 22.7 Å². The maximum atomic E-state index is 5.46. The predicted octanol–water partition coefficient (Wildman–Crippen LogP) is 5.89. The van der Waals surface area contributed by atoms with Crippen molar-refractivity contribution in [3.8, 4) is 0 Å². The van der Waals surface area contributed by atoms with Gasteiger partial charge < -0.3 is 10.6 Å². The number of nitrogens with one attached hydrogen (secondary N) is 2. The Balaban J connectivity index is 1.35. The van der Waals surface area contributed by atoms with Gasteiger partial charge in [0.15, 0.2) is 5.11 Å². The molecule has 0 bridgehead atoms. The Bertz CT molecular complexity index is 906. The third-order valence-electron chi connectivity index (χ3n) is 9.33. The van der Waals surface area contributed by atoms with Crippen molar-refractivity contribution in [2.75, 3.05) is 6.54 Å².